The van der Waals surface area contributed by atoms with Crippen molar-refractivity contribution >= 4 is 21.9 Å². The second-order valence-corrected chi connectivity index (χ2v) is 5.82. The molecule has 4 heteroatoms. The van der Waals surface area contributed by atoms with E-state index in [4.69, 9.17) is 9.47 Å². The Kier molecular flexibility index (Phi) is 9.96. The van der Waals surface area contributed by atoms with Gasteiger partial charge in [0.2, 0.25) is 0 Å². The van der Waals surface area contributed by atoms with Crippen LogP contribution in [0.1, 0.15) is 44.1 Å². The van der Waals surface area contributed by atoms with Gasteiger partial charge in [-0.3, -0.25) is 4.79 Å². The first-order valence-electron chi connectivity index (χ1n) is 7.61. The van der Waals surface area contributed by atoms with E-state index in [2.05, 4.69) is 15.9 Å². The highest BCUT2D eigenvalue weighted by atomic mass is 79.9. The molecule has 1 aromatic carbocycles. The summed E-state index contributed by atoms with van der Waals surface area (Å²) < 4.78 is 10.3. The molecule has 0 aliphatic carbocycles. The molecule has 1 aromatic rings. The summed E-state index contributed by atoms with van der Waals surface area (Å²) in [6, 6.07) is 7.96. The zero-order valence-corrected chi connectivity index (χ0v) is 14.4. The Hall–Kier alpha value is -1.03. The number of hydrogen-bond acceptors (Lipinski definition) is 3. The fourth-order valence-electron chi connectivity index (χ4n) is 2.04. The smallest absolute Gasteiger partial charge is 0.305 e. The van der Waals surface area contributed by atoms with Crippen molar-refractivity contribution in [1.29, 1.82) is 0 Å². The van der Waals surface area contributed by atoms with E-state index >= 15 is 0 Å². The van der Waals surface area contributed by atoms with Crippen LogP contribution in [-0.2, 0) is 16.0 Å². The van der Waals surface area contributed by atoms with Gasteiger partial charge in [-0.1, -0.05) is 40.9 Å². The Morgan fingerprint density at radius 3 is 2.43 bits per heavy atom. The van der Waals surface area contributed by atoms with Crippen LogP contribution >= 0.6 is 15.9 Å². The predicted molar refractivity (Wildman–Crippen MR) is 89.2 cm³/mol. The van der Waals surface area contributed by atoms with Crippen LogP contribution in [0.15, 0.2) is 24.3 Å². The molecule has 0 spiro atoms. The summed E-state index contributed by atoms with van der Waals surface area (Å²) in [7, 11) is 1.66. The number of hydrogen-bond donors (Lipinski definition) is 0. The number of esters is 1. The van der Waals surface area contributed by atoms with Crippen LogP contribution in [0.2, 0.25) is 0 Å². The number of aryl methyl sites for hydroxylation is 1. The van der Waals surface area contributed by atoms with Crippen molar-refractivity contribution in [3.8, 4) is 5.75 Å². The van der Waals surface area contributed by atoms with Gasteiger partial charge in [0.15, 0.2) is 0 Å². The summed E-state index contributed by atoms with van der Waals surface area (Å²) >= 11 is 3.41. The molecule has 118 valence electrons. The van der Waals surface area contributed by atoms with Gasteiger partial charge in [0.05, 0.1) is 13.7 Å². The highest BCUT2D eigenvalue weighted by molar-refractivity contribution is 9.09. The van der Waals surface area contributed by atoms with E-state index in [0.717, 1.165) is 36.8 Å². The van der Waals surface area contributed by atoms with Gasteiger partial charge in [-0.2, -0.15) is 0 Å². The van der Waals surface area contributed by atoms with Crippen molar-refractivity contribution in [1.82, 2.24) is 0 Å². The summed E-state index contributed by atoms with van der Waals surface area (Å²) in [6.07, 6.45) is 6.70. The standard InChI is InChI=1S/C17H25BrO3/c1-20-16-11-9-15(10-12-16)7-6-8-17(19)21-14-5-3-2-4-13-18/h9-12H,2-8,13-14H2,1H3. The van der Waals surface area contributed by atoms with Crippen LogP contribution in [0.5, 0.6) is 5.75 Å². The van der Waals surface area contributed by atoms with Gasteiger partial charge in [-0.15, -0.1) is 0 Å². The molecule has 0 saturated heterocycles. The van der Waals surface area contributed by atoms with Gasteiger partial charge in [-0.25, -0.2) is 0 Å². The molecule has 0 amide bonds. The van der Waals surface area contributed by atoms with Gasteiger partial charge in [0, 0.05) is 11.8 Å². The molecule has 1 rings (SSSR count). The van der Waals surface area contributed by atoms with Gasteiger partial charge < -0.3 is 9.47 Å². The van der Waals surface area contributed by atoms with Crippen molar-refractivity contribution in [3.05, 3.63) is 29.8 Å². The number of alkyl halides is 1. The molecular formula is C17H25BrO3. The van der Waals surface area contributed by atoms with Crippen LogP contribution in [0.4, 0.5) is 0 Å². The van der Waals surface area contributed by atoms with Crippen LogP contribution < -0.4 is 4.74 Å². The Balaban J connectivity index is 2.04. The largest absolute Gasteiger partial charge is 0.497 e. The minimum Gasteiger partial charge on any atom is -0.497 e. The number of methoxy groups -OCH3 is 1. The fourth-order valence-corrected chi connectivity index (χ4v) is 2.43. The number of ether oxygens (including phenoxy) is 2. The first-order valence-corrected chi connectivity index (χ1v) is 8.73. The van der Waals surface area contributed by atoms with E-state index < -0.39 is 0 Å². The zero-order valence-electron chi connectivity index (χ0n) is 12.8. The van der Waals surface area contributed by atoms with E-state index in [0.29, 0.717) is 13.0 Å². The quantitative estimate of drug-likeness (QED) is 0.332. The number of carbonyl (C=O) groups is 1. The molecule has 0 aromatic heterocycles. The van der Waals surface area contributed by atoms with E-state index in [-0.39, 0.29) is 5.97 Å². The Labute approximate surface area is 136 Å². The summed E-state index contributed by atoms with van der Waals surface area (Å²) in [5.41, 5.74) is 1.22. The van der Waals surface area contributed by atoms with Crippen molar-refractivity contribution < 1.29 is 14.3 Å². The molecule has 0 bridgehead atoms. The summed E-state index contributed by atoms with van der Waals surface area (Å²) in [6.45, 7) is 0.559. The van der Waals surface area contributed by atoms with Crippen LogP contribution in [0.25, 0.3) is 0 Å². The molecule has 0 atom stereocenters. The average Bonchev–Trinajstić information content (AvgIpc) is 2.51. The topological polar surface area (TPSA) is 35.5 Å². The van der Waals surface area contributed by atoms with E-state index in [1.54, 1.807) is 7.11 Å². The zero-order chi connectivity index (χ0) is 15.3. The first-order chi connectivity index (χ1) is 10.3. The lowest BCUT2D eigenvalue weighted by molar-refractivity contribution is -0.143. The average molecular weight is 357 g/mol. The van der Waals surface area contributed by atoms with Crippen molar-refractivity contribution in [2.75, 3.05) is 19.0 Å². The molecule has 0 aliphatic heterocycles. The number of halogens is 1. The number of carbonyl (C=O) groups excluding carboxylic acids is 1. The van der Waals surface area contributed by atoms with Gasteiger partial charge in [0.25, 0.3) is 0 Å². The monoisotopic (exact) mass is 356 g/mol. The second kappa shape index (κ2) is 11.6. The third-order valence-electron chi connectivity index (χ3n) is 3.30. The van der Waals surface area contributed by atoms with E-state index in [1.807, 2.05) is 24.3 Å². The highest BCUT2D eigenvalue weighted by Gasteiger charge is 2.03. The molecule has 0 saturated carbocycles. The fraction of sp³-hybridized carbons (Fsp3) is 0.588. The van der Waals surface area contributed by atoms with Crippen molar-refractivity contribution in [3.63, 3.8) is 0 Å². The maximum absolute atomic E-state index is 11.6. The molecular weight excluding hydrogens is 332 g/mol. The molecule has 0 radical (unpaired) electrons. The normalized spacial score (nSPS) is 10.4. The lowest BCUT2D eigenvalue weighted by Crippen LogP contribution is -2.06. The maximum Gasteiger partial charge on any atom is 0.305 e. The van der Waals surface area contributed by atoms with Crippen LogP contribution in [0.3, 0.4) is 0 Å². The maximum atomic E-state index is 11.6. The van der Waals surface area contributed by atoms with Crippen LogP contribution in [0, 0.1) is 0 Å². The number of rotatable bonds is 11. The molecule has 0 N–H and O–H groups in total. The predicted octanol–water partition coefficient (Wildman–Crippen LogP) is 4.52. The van der Waals surface area contributed by atoms with E-state index in [1.165, 1.54) is 18.4 Å². The van der Waals surface area contributed by atoms with Crippen molar-refractivity contribution in [2.45, 2.75) is 44.9 Å². The first kappa shape index (κ1) is 18.0. The SMILES string of the molecule is COc1ccc(CCCC(=O)OCCCCCCBr)cc1. The van der Waals surface area contributed by atoms with Gasteiger partial charge in [-0.05, 0) is 43.4 Å². The Morgan fingerprint density at radius 1 is 1.05 bits per heavy atom. The van der Waals surface area contributed by atoms with Crippen molar-refractivity contribution in [2.24, 2.45) is 0 Å². The Bertz CT molecular complexity index is 390. The van der Waals surface area contributed by atoms with E-state index in [9.17, 15) is 4.79 Å². The molecule has 21 heavy (non-hydrogen) atoms. The lowest BCUT2D eigenvalue weighted by Gasteiger charge is -2.05. The summed E-state index contributed by atoms with van der Waals surface area (Å²) in [5, 5.41) is 1.05. The summed E-state index contributed by atoms with van der Waals surface area (Å²) in [4.78, 5) is 11.6. The number of unbranched alkanes of at least 4 members (excludes halogenated alkanes) is 3. The molecule has 0 aliphatic rings. The molecule has 0 fully saturated rings. The second-order valence-electron chi connectivity index (χ2n) is 5.03. The Morgan fingerprint density at radius 2 is 1.76 bits per heavy atom. The molecule has 0 unspecified atom stereocenters. The summed E-state index contributed by atoms with van der Waals surface area (Å²) in [5.74, 6) is 0.780. The minimum absolute atomic E-state index is 0.0796. The minimum atomic E-state index is -0.0796. The van der Waals surface area contributed by atoms with Gasteiger partial charge >= 0.3 is 5.97 Å². The van der Waals surface area contributed by atoms with Crippen LogP contribution in [-0.4, -0.2) is 25.0 Å². The van der Waals surface area contributed by atoms with Gasteiger partial charge in [0.1, 0.15) is 5.75 Å². The third kappa shape index (κ3) is 8.76. The molecule has 3 nitrogen and oxygen atoms in total. The third-order valence-corrected chi connectivity index (χ3v) is 3.86. The highest BCUT2D eigenvalue weighted by Crippen LogP contribution is 2.13. The number of benzene rings is 1. The molecule has 0 heterocycles. The lowest BCUT2D eigenvalue weighted by atomic mass is 10.1.